The third-order valence-corrected chi connectivity index (χ3v) is 4.85. The third kappa shape index (κ3) is 9.40. The van der Waals surface area contributed by atoms with Crippen molar-refractivity contribution in [3.8, 4) is 11.5 Å². The highest BCUT2D eigenvalue weighted by Gasteiger charge is 2.18. The molecule has 0 saturated heterocycles. The van der Waals surface area contributed by atoms with E-state index >= 15 is 0 Å². The minimum absolute atomic E-state index is 0.193. The first-order chi connectivity index (χ1) is 14.9. The van der Waals surface area contributed by atoms with E-state index in [9.17, 15) is 9.90 Å². The lowest BCUT2D eigenvalue weighted by Crippen LogP contribution is -2.35. The summed E-state index contributed by atoms with van der Waals surface area (Å²) in [6, 6.07) is 16.0. The zero-order valence-corrected chi connectivity index (χ0v) is 19.0. The molecule has 0 heterocycles. The van der Waals surface area contributed by atoms with Crippen LogP contribution >= 0.6 is 0 Å². The van der Waals surface area contributed by atoms with Crippen molar-refractivity contribution in [2.75, 3.05) is 34.4 Å². The molecule has 6 heteroatoms. The number of aryl methyl sites for hydroxylation is 2. The molecule has 31 heavy (non-hydrogen) atoms. The van der Waals surface area contributed by atoms with Crippen molar-refractivity contribution in [3.05, 3.63) is 59.7 Å². The number of hydrogen-bond donors (Lipinski definition) is 1. The number of carbonyl (C=O) groups is 1. The fraction of sp³-hybridized carbons (Fsp3) is 0.480. The first kappa shape index (κ1) is 24.7. The van der Waals surface area contributed by atoms with Gasteiger partial charge in [-0.1, -0.05) is 30.3 Å². The predicted octanol–water partition coefficient (Wildman–Crippen LogP) is 3.49. The number of likely N-dealkylation sites (N-methyl/N-ethyl adjacent to an activating group) is 1. The summed E-state index contributed by atoms with van der Waals surface area (Å²) < 4.78 is 17.0. The Morgan fingerprint density at radius 1 is 1.10 bits per heavy atom. The van der Waals surface area contributed by atoms with Crippen molar-refractivity contribution in [3.63, 3.8) is 0 Å². The molecule has 2 rings (SSSR count). The molecule has 2 aromatic carbocycles. The van der Waals surface area contributed by atoms with E-state index in [1.54, 1.807) is 14.0 Å². The van der Waals surface area contributed by atoms with E-state index in [2.05, 4.69) is 12.1 Å². The van der Waals surface area contributed by atoms with E-state index in [1.807, 2.05) is 55.4 Å². The van der Waals surface area contributed by atoms with Crippen LogP contribution in [0.1, 0.15) is 30.9 Å². The van der Waals surface area contributed by atoms with E-state index in [-0.39, 0.29) is 25.1 Å². The largest absolute Gasteiger partial charge is 0.497 e. The number of aliphatic hydroxyl groups is 1. The van der Waals surface area contributed by atoms with Gasteiger partial charge in [-0.25, -0.2) is 0 Å². The Labute approximate surface area is 185 Å². The Morgan fingerprint density at radius 2 is 1.87 bits per heavy atom. The molecule has 0 radical (unpaired) electrons. The van der Waals surface area contributed by atoms with Crippen LogP contribution in [0.25, 0.3) is 0 Å². The van der Waals surface area contributed by atoms with Crippen molar-refractivity contribution in [1.82, 2.24) is 4.90 Å². The molecule has 2 atom stereocenters. The number of para-hydroxylation sites is 1. The second-order valence-corrected chi connectivity index (χ2v) is 8.03. The van der Waals surface area contributed by atoms with Crippen molar-refractivity contribution in [2.45, 2.75) is 44.8 Å². The van der Waals surface area contributed by atoms with Gasteiger partial charge in [0.2, 0.25) is 0 Å². The molecule has 170 valence electrons. The minimum atomic E-state index is -0.521. The average Bonchev–Trinajstić information content (AvgIpc) is 2.75. The summed E-state index contributed by atoms with van der Waals surface area (Å²) in [5.41, 5.74) is 2.31. The van der Waals surface area contributed by atoms with Gasteiger partial charge in [0, 0.05) is 13.0 Å². The summed E-state index contributed by atoms with van der Waals surface area (Å²) in [5.74, 6) is 1.34. The zero-order chi connectivity index (χ0) is 22.6. The highest BCUT2D eigenvalue weighted by Crippen LogP contribution is 2.22. The van der Waals surface area contributed by atoms with E-state index in [1.165, 1.54) is 5.56 Å². The maximum Gasteiger partial charge on any atom is 0.306 e. The van der Waals surface area contributed by atoms with Crippen LogP contribution in [0, 0.1) is 0 Å². The van der Waals surface area contributed by atoms with E-state index < -0.39 is 6.10 Å². The minimum Gasteiger partial charge on any atom is -0.497 e. The number of rotatable bonds is 13. The van der Waals surface area contributed by atoms with Gasteiger partial charge in [-0.2, -0.15) is 0 Å². The van der Waals surface area contributed by atoms with Crippen LogP contribution in [0.15, 0.2) is 48.5 Å². The molecule has 0 bridgehead atoms. The first-order valence-electron chi connectivity index (χ1n) is 10.7. The lowest BCUT2D eigenvalue weighted by molar-refractivity contribution is -0.151. The molecule has 0 aromatic heterocycles. The highest BCUT2D eigenvalue weighted by atomic mass is 16.6. The Bertz CT molecular complexity index is 806. The SMILES string of the molecule is COc1cccc(CCc2ccccc2OCC(CN(C)C)OC(=O)CCC(C)O)c1. The summed E-state index contributed by atoms with van der Waals surface area (Å²) in [6.45, 7) is 2.50. The fourth-order valence-electron chi connectivity index (χ4n) is 3.24. The van der Waals surface area contributed by atoms with Crippen LogP contribution in [0.4, 0.5) is 0 Å². The molecule has 2 unspecified atom stereocenters. The number of carbonyl (C=O) groups excluding carboxylic acids is 1. The normalized spacial score (nSPS) is 13.0. The number of methoxy groups -OCH3 is 1. The van der Waals surface area contributed by atoms with Crippen LogP contribution in [0.3, 0.4) is 0 Å². The molecule has 0 amide bonds. The van der Waals surface area contributed by atoms with Crippen LogP contribution < -0.4 is 9.47 Å². The smallest absolute Gasteiger partial charge is 0.306 e. The number of aliphatic hydroxyl groups excluding tert-OH is 1. The number of benzene rings is 2. The number of ether oxygens (including phenoxy) is 3. The lowest BCUT2D eigenvalue weighted by atomic mass is 10.0. The second-order valence-electron chi connectivity index (χ2n) is 8.03. The molecule has 2 aromatic rings. The number of esters is 1. The van der Waals surface area contributed by atoms with E-state index in [0.717, 1.165) is 29.9 Å². The quantitative estimate of drug-likeness (QED) is 0.492. The summed E-state index contributed by atoms with van der Waals surface area (Å²) in [6.07, 6.45) is 1.37. The molecule has 6 nitrogen and oxygen atoms in total. The summed E-state index contributed by atoms with van der Waals surface area (Å²) in [7, 11) is 5.53. The van der Waals surface area contributed by atoms with Gasteiger partial charge in [-0.05, 0) is 69.6 Å². The monoisotopic (exact) mass is 429 g/mol. The average molecular weight is 430 g/mol. The maximum absolute atomic E-state index is 12.1. The van der Waals surface area contributed by atoms with Gasteiger partial charge >= 0.3 is 5.97 Å². The third-order valence-electron chi connectivity index (χ3n) is 4.85. The van der Waals surface area contributed by atoms with Crippen molar-refractivity contribution in [1.29, 1.82) is 0 Å². The molecular weight excluding hydrogens is 394 g/mol. The molecule has 1 N–H and O–H groups in total. The van der Waals surface area contributed by atoms with Gasteiger partial charge in [0.25, 0.3) is 0 Å². The lowest BCUT2D eigenvalue weighted by Gasteiger charge is -2.22. The van der Waals surface area contributed by atoms with Crippen LogP contribution in [0.2, 0.25) is 0 Å². The summed E-state index contributed by atoms with van der Waals surface area (Å²) in [5, 5.41) is 9.38. The Kier molecular flexibility index (Phi) is 10.3. The zero-order valence-electron chi connectivity index (χ0n) is 19.0. The highest BCUT2D eigenvalue weighted by molar-refractivity contribution is 5.69. The number of nitrogens with zero attached hydrogens (tertiary/aromatic N) is 1. The molecular formula is C25H35NO5. The number of hydrogen-bond acceptors (Lipinski definition) is 6. The standard InChI is InChI=1S/C25H35NO5/c1-19(27)12-15-25(28)31-23(17-26(2)3)18-30-24-11-6-5-9-21(24)14-13-20-8-7-10-22(16-20)29-4/h5-11,16,19,23,27H,12-15,17-18H2,1-4H3. The Balaban J connectivity index is 1.97. The fourth-order valence-corrected chi connectivity index (χ4v) is 3.24. The van der Waals surface area contributed by atoms with Gasteiger partial charge in [-0.3, -0.25) is 4.79 Å². The summed E-state index contributed by atoms with van der Waals surface area (Å²) in [4.78, 5) is 14.1. The topological polar surface area (TPSA) is 68.2 Å². The van der Waals surface area contributed by atoms with Crippen LogP contribution in [0.5, 0.6) is 11.5 Å². The predicted molar refractivity (Wildman–Crippen MR) is 122 cm³/mol. The van der Waals surface area contributed by atoms with Crippen molar-refractivity contribution >= 4 is 5.97 Å². The molecule has 0 aliphatic carbocycles. The molecule has 0 fully saturated rings. The molecule has 0 saturated carbocycles. The second kappa shape index (κ2) is 13.0. The first-order valence-corrected chi connectivity index (χ1v) is 10.7. The molecule has 0 aliphatic heterocycles. The Hall–Kier alpha value is -2.57. The van der Waals surface area contributed by atoms with Gasteiger partial charge in [0.1, 0.15) is 24.2 Å². The van der Waals surface area contributed by atoms with Crippen LogP contribution in [-0.2, 0) is 22.4 Å². The van der Waals surface area contributed by atoms with E-state index in [0.29, 0.717) is 13.0 Å². The molecule has 0 spiro atoms. The summed E-state index contributed by atoms with van der Waals surface area (Å²) >= 11 is 0. The van der Waals surface area contributed by atoms with Gasteiger partial charge in [-0.15, -0.1) is 0 Å². The van der Waals surface area contributed by atoms with Crippen molar-refractivity contribution < 1.29 is 24.1 Å². The maximum atomic E-state index is 12.1. The Morgan fingerprint density at radius 3 is 2.58 bits per heavy atom. The van der Waals surface area contributed by atoms with E-state index in [4.69, 9.17) is 14.2 Å². The molecule has 0 aliphatic rings. The van der Waals surface area contributed by atoms with Crippen LogP contribution in [-0.4, -0.2) is 62.5 Å². The van der Waals surface area contributed by atoms with Gasteiger partial charge < -0.3 is 24.2 Å². The van der Waals surface area contributed by atoms with Gasteiger partial charge in [0.15, 0.2) is 0 Å². The van der Waals surface area contributed by atoms with Gasteiger partial charge in [0.05, 0.1) is 13.2 Å². The van der Waals surface area contributed by atoms with Crippen molar-refractivity contribution in [2.24, 2.45) is 0 Å².